The molecule has 8 nitrogen and oxygen atoms in total. The summed E-state index contributed by atoms with van der Waals surface area (Å²) >= 11 is 0. The van der Waals surface area contributed by atoms with Crippen molar-refractivity contribution in [1.29, 1.82) is 0 Å². The fourth-order valence-electron chi connectivity index (χ4n) is 3.43. The molecule has 0 spiro atoms. The molecule has 0 unspecified atom stereocenters. The third-order valence-electron chi connectivity index (χ3n) is 5.05. The van der Waals surface area contributed by atoms with Crippen molar-refractivity contribution in [2.24, 2.45) is 0 Å². The lowest BCUT2D eigenvalue weighted by molar-refractivity contribution is -0.118. The minimum atomic E-state index is -0.0947. The highest BCUT2D eigenvalue weighted by Crippen LogP contribution is 2.23. The van der Waals surface area contributed by atoms with Crippen molar-refractivity contribution in [1.82, 2.24) is 24.7 Å². The van der Waals surface area contributed by atoms with E-state index in [4.69, 9.17) is 0 Å². The number of hydrogen-bond acceptors (Lipinski definition) is 7. The third kappa shape index (κ3) is 5.74. The van der Waals surface area contributed by atoms with E-state index in [1.54, 1.807) is 35.5 Å². The Labute approximate surface area is 191 Å². The number of carbonyl (C=O) groups excluding carboxylic acids is 2. The maximum absolute atomic E-state index is 13.2. The number of nitrogens with one attached hydrogen (secondary N) is 1. The lowest BCUT2D eigenvalue weighted by Crippen LogP contribution is -2.11. The molecule has 1 aromatic carbocycles. The Balaban J connectivity index is 1.56. The van der Waals surface area contributed by atoms with Crippen LogP contribution in [0.1, 0.15) is 41.4 Å². The van der Waals surface area contributed by atoms with Crippen LogP contribution < -0.4 is 5.32 Å². The number of Topliss-reactive ketones (excluding diaryl/α,β-unsaturated/α-hetero) is 2. The Morgan fingerprint density at radius 3 is 2.55 bits per heavy atom. The van der Waals surface area contributed by atoms with Crippen LogP contribution in [0.25, 0.3) is 5.82 Å². The summed E-state index contributed by atoms with van der Waals surface area (Å²) in [5.74, 6) is 0.661. The average Bonchev–Trinajstić information content (AvgIpc) is 3.35. The molecule has 0 fully saturated rings. The van der Waals surface area contributed by atoms with Gasteiger partial charge in [-0.1, -0.05) is 31.2 Å². The number of ketones is 2. The smallest absolute Gasteiger partial charge is 0.170 e. The van der Waals surface area contributed by atoms with Gasteiger partial charge >= 0.3 is 0 Å². The lowest BCUT2D eigenvalue weighted by atomic mass is 10.0. The first kappa shape index (κ1) is 22.0. The summed E-state index contributed by atoms with van der Waals surface area (Å²) in [6.07, 6.45) is 7.95. The summed E-state index contributed by atoms with van der Waals surface area (Å²) in [6.45, 7) is 1.98. The number of hydrogen-bond donors (Lipinski definition) is 1. The fourth-order valence-corrected chi connectivity index (χ4v) is 3.43. The molecule has 0 saturated heterocycles. The second kappa shape index (κ2) is 10.4. The Kier molecular flexibility index (Phi) is 6.94. The van der Waals surface area contributed by atoms with Crippen LogP contribution >= 0.6 is 0 Å². The molecular formula is C25H24N6O2. The maximum Gasteiger partial charge on any atom is 0.170 e. The zero-order valence-electron chi connectivity index (χ0n) is 18.3. The Bertz CT molecular complexity index is 1220. The normalized spacial score (nSPS) is 10.7. The Morgan fingerprint density at radius 2 is 1.85 bits per heavy atom. The molecular weight excluding hydrogens is 416 g/mol. The van der Waals surface area contributed by atoms with Crippen LogP contribution in [0, 0.1) is 0 Å². The van der Waals surface area contributed by atoms with Crippen LogP contribution in [0.15, 0.2) is 73.6 Å². The number of aromatic nitrogens is 5. The highest BCUT2D eigenvalue weighted by Gasteiger charge is 2.16. The number of nitrogens with zero attached hydrogens (tertiary/aromatic N) is 5. The van der Waals surface area contributed by atoms with Gasteiger partial charge < -0.3 is 5.32 Å². The van der Waals surface area contributed by atoms with Gasteiger partial charge in [0.05, 0.1) is 11.3 Å². The van der Waals surface area contributed by atoms with E-state index in [2.05, 4.69) is 25.4 Å². The zero-order chi connectivity index (χ0) is 23.0. The van der Waals surface area contributed by atoms with Gasteiger partial charge in [-0.2, -0.15) is 5.10 Å². The van der Waals surface area contributed by atoms with Crippen LogP contribution in [0.5, 0.6) is 0 Å². The van der Waals surface area contributed by atoms with E-state index in [9.17, 15) is 9.59 Å². The summed E-state index contributed by atoms with van der Waals surface area (Å²) in [4.78, 5) is 38.0. The number of para-hydroxylation sites is 1. The molecule has 166 valence electrons. The molecule has 0 aliphatic rings. The van der Waals surface area contributed by atoms with E-state index in [0.717, 1.165) is 17.7 Å². The van der Waals surface area contributed by atoms with E-state index < -0.39 is 0 Å². The molecule has 0 bridgehead atoms. The maximum atomic E-state index is 13.2. The highest BCUT2D eigenvalue weighted by molar-refractivity contribution is 6.02. The predicted octanol–water partition coefficient (Wildman–Crippen LogP) is 4.14. The minimum absolute atomic E-state index is 0.0947. The Morgan fingerprint density at radius 1 is 1.00 bits per heavy atom. The number of pyridine rings is 2. The molecule has 4 aromatic rings. The van der Waals surface area contributed by atoms with Crippen molar-refractivity contribution in [2.45, 2.75) is 32.6 Å². The highest BCUT2D eigenvalue weighted by atomic mass is 16.1. The predicted molar refractivity (Wildman–Crippen MR) is 125 cm³/mol. The number of benzene rings is 1. The SMILES string of the molecule is CCCC(=O)Cc1cc(Nc2ccccc2)c(C(=O)Cc2ccc(-n3cncn3)nc2)cn1. The molecule has 0 aliphatic carbocycles. The largest absolute Gasteiger partial charge is 0.355 e. The van der Waals surface area contributed by atoms with Crippen molar-refractivity contribution >= 4 is 22.9 Å². The van der Waals surface area contributed by atoms with Crippen LogP contribution in [0.3, 0.4) is 0 Å². The van der Waals surface area contributed by atoms with Crippen LogP contribution in [0.2, 0.25) is 0 Å². The molecule has 3 heterocycles. The minimum Gasteiger partial charge on any atom is -0.355 e. The summed E-state index contributed by atoms with van der Waals surface area (Å²) in [6, 6.07) is 15.0. The quantitative estimate of drug-likeness (QED) is 0.370. The fraction of sp³-hybridized carbons (Fsp3) is 0.200. The van der Waals surface area contributed by atoms with E-state index in [0.29, 0.717) is 29.2 Å². The lowest BCUT2D eigenvalue weighted by Gasteiger charge is -2.13. The van der Waals surface area contributed by atoms with Crippen molar-refractivity contribution in [3.05, 3.63) is 90.4 Å². The first-order valence-corrected chi connectivity index (χ1v) is 10.8. The first-order chi connectivity index (χ1) is 16.1. The van der Waals surface area contributed by atoms with Crippen molar-refractivity contribution in [2.75, 3.05) is 5.32 Å². The van der Waals surface area contributed by atoms with Crippen molar-refractivity contribution in [3.63, 3.8) is 0 Å². The standard InChI is InChI=1S/C25H24N6O2/c1-2-6-21(32)12-20-13-23(30-19-7-4-3-5-8-19)22(15-27-20)24(33)11-18-9-10-25(28-14-18)31-17-26-16-29-31/h3-5,7-10,13-17H,2,6,11-12H2,1H3,(H,27,30). The molecule has 0 amide bonds. The summed E-state index contributed by atoms with van der Waals surface area (Å²) in [5, 5.41) is 7.36. The molecule has 0 aliphatic heterocycles. The van der Waals surface area contributed by atoms with E-state index in [-0.39, 0.29) is 24.4 Å². The van der Waals surface area contributed by atoms with Gasteiger partial charge in [0.2, 0.25) is 0 Å². The van der Waals surface area contributed by atoms with Gasteiger partial charge in [0, 0.05) is 43.0 Å². The monoisotopic (exact) mass is 440 g/mol. The van der Waals surface area contributed by atoms with Gasteiger partial charge in [-0.05, 0) is 36.2 Å². The molecule has 0 radical (unpaired) electrons. The molecule has 0 saturated carbocycles. The molecule has 3 aromatic heterocycles. The van der Waals surface area contributed by atoms with Gasteiger partial charge in [0.25, 0.3) is 0 Å². The van der Waals surface area contributed by atoms with Gasteiger partial charge in [-0.25, -0.2) is 14.6 Å². The van der Waals surface area contributed by atoms with Crippen molar-refractivity contribution in [3.8, 4) is 5.82 Å². The van der Waals surface area contributed by atoms with Crippen LogP contribution in [-0.4, -0.2) is 36.3 Å². The van der Waals surface area contributed by atoms with Crippen LogP contribution in [0.4, 0.5) is 11.4 Å². The topological polar surface area (TPSA) is 103 Å². The first-order valence-electron chi connectivity index (χ1n) is 10.8. The molecule has 8 heteroatoms. The summed E-state index contributed by atoms with van der Waals surface area (Å²) in [7, 11) is 0. The second-order valence-corrected chi connectivity index (χ2v) is 7.64. The number of anilines is 2. The van der Waals surface area contributed by atoms with E-state index in [1.807, 2.05) is 43.3 Å². The summed E-state index contributed by atoms with van der Waals surface area (Å²) in [5.41, 5.74) is 3.36. The van der Waals surface area contributed by atoms with Gasteiger partial charge in [0.1, 0.15) is 18.4 Å². The second-order valence-electron chi connectivity index (χ2n) is 7.64. The zero-order valence-corrected chi connectivity index (χ0v) is 18.3. The number of rotatable bonds is 10. The van der Waals surface area contributed by atoms with Crippen LogP contribution in [-0.2, 0) is 17.6 Å². The molecule has 1 N–H and O–H groups in total. The number of carbonyl (C=O) groups is 2. The van der Waals surface area contributed by atoms with Crippen molar-refractivity contribution < 1.29 is 9.59 Å². The third-order valence-corrected chi connectivity index (χ3v) is 5.05. The van der Waals surface area contributed by atoms with Gasteiger partial charge in [-0.3, -0.25) is 14.6 Å². The van der Waals surface area contributed by atoms with E-state index in [1.165, 1.54) is 6.33 Å². The Hall–Kier alpha value is -4.20. The average molecular weight is 441 g/mol. The molecule has 4 rings (SSSR count). The van der Waals surface area contributed by atoms with Gasteiger partial charge in [-0.15, -0.1) is 0 Å². The molecule has 0 atom stereocenters. The van der Waals surface area contributed by atoms with E-state index >= 15 is 0 Å². The summed E-state index contributed by atoms with van der Waals surface area (Å²) < 4.78 is 1.55. The van der Waals surface area contributed by atoms with Gasteiger partial charge in [0.15, 0.2) is 11.6 Å². The molecule has 33 heavy (non-hydrogen) atoms.